The number of likely N-dealkylation sites (N-methyl/N-ethyl adjacent to an activating group) is 2. The molecular weight excluding hydrogens is 156 g/mol. The second-order valence-electron chi connectivity index (χ2n) is 2.67. The molecule has 12 heavy (non-hydrogen) atoms. The largest absolute Gasteiger partial charge is 0.391 e. The van der Waals surface area contributed by atoms with Crippen molar-refractivity contribution in [2.45, 2.75) is 32.9 Å². The molecule has 0 aromatic rings. The third-order valence-corrected chi connectivity index (χ3v) is 1.54. The lowest BCUT2D eigenvalue weighted by atomic mass is 10.1. The van der Waals surface area contributed by atoms with Gasteiger partial charge in [0.15, 0.2) is 0 Å². The number of aliphatic hydroxyl groups excluding tert-OH is 1. The Labute approximate surface area is 73.3 Å². The van der Waals surface area contributed by atoms with Crippen molar-refractivity contribution in [1.82, 2.24) is 10.6 Å². The molecular formula is C8H18N2O2. The van der Waals surface area contributed by atoms with E-state index in [1.165, 1.54) is 0 Å². The van der Waals surface area contributed by atoms with E-state index in [2.05, 4.69) is 10.6 Å². The molecule has 0 fully saturated rings. The summed E-state index contributed by atoms with van der Waals surface area (Å²) in [5.41, 5.74) is 0. The predicted octanol–water partition coefficient (Wildman–Crippen LogP) is -0.519. The van der Waals surface area contributed by atoms with Crippen molar-refractivity contribution in [1.29, 1.82) is 0 Å². The highest BCUT2D eigenvalue weighted by molar-refractivity contribution is 5.82. The lowest BCUT2D eigenvalue weighted by Crippen LogP contribution is -2.50. The normalized spacial score (nSPS) is 15.3. The second-order valence-corrected chi connectivity index (χ2v) is 2.67. The highest BCUT2D eigenvalue weighted by Crippen LogP contribution is 1.92. The van der Waals surface area contributed by atoms with Gasteiger partial charge in [0, 0.05) is 6.54 Å². The molecule has 2 atom stereocenters. The number of aliphatic hydroxyl groups is 1. The Morgan fingerprint density at radius 1 is 1.42 bits per heavy atom. The van der Waals surface area contributed by atoms with Crippen molar-refractivity contribution < 1.29 is 9.90 Å². The first-order chi connectivity index (χ1) is 5.63. The van der Waals surface area contributed by atoms with E-state index in [0.29, 0.717) is 13.1 Å². The van der Waals surface area contributed by atoms with Crippen molar-refractivity contribution in [2.75, 3.05) is 13.1 Å². The Bertz CT molecular complexity index is 137. The van der Waals surface area contributed by atoms with Gasteiger partial charge in [0.05, 0.1) is 6.10 Å². The van der Waals surface area contributed by atoms with Crippen molar-refractivity contribution in [3.05, 3.63) is 0 Å². The fraction of sp³-hybridized carbons (Fsp3) is 0.875. The quantitative estimate of drug-likeness (QED) is 0.525. The average Bonchev–Trinajstić information content (AvgIpc) is 1.99. The van der Waals surface area contributed by atoms with Crippen LogP contribution >= 0.6 is 0 Å². The Kier molecular flexibility index (Phi) is 5.66. The van der Waals surface area contributed by atoms with Crippen molar-refractivity contribution in [3.63, 3.8) is 0 Å². The molecule has 0 saturated carbocycles. The predicted molar refractivity (Wildman–Crippen MR) is 47.8 cm³/mol. The summed E-state index contributed by atoms with van der Waals surface area (Å²) >= 11 is 0. The van der Waals surface area contributed by atoms with Crippen molar-refractivity contribution in [3.8, 4) is 0 Å². The van der Waals surface area contributed by atoms with Crippen LogP contribution in [0, 0.1) is 0 Å². The fourth-order valence-corrected chi connectivity index (χ4v) is 0.986. The van der Waals surface area contributed by atoms with Crippen LogP contribution in [0.5, 0.6) is 0 Å². The Morgan fingerprint density at radius 3 is 2.33 bits per heavy atom. The number of hydrogen-bond donors (Lipinski definition) is 3. The highest BCUT2D eigenvalue weighted by Gasteiger charge is 2.21. The topological polar surface area (TPSA) is 61.4 Å². The molecule has 72 valence electrons. The zero-order valence-electron chi connectivity index (χ0n) is 7.92. The van der Waals surface area contributed by atoms with Crippen LogP contribution in [0.4, 0.5) is 0 Å². The summed E-state index contributed by atoms with van der Waals surface area (Å²) in [5, 5.41) is 14.8. The molecule has 0 aliphatic heterocycles. The maximum Gasteiger partial charge on any atom is 0.239 e. The summed E-state index contributed by atoms with van der Waals surface area (Å²) in [7, 11) is 0. The minimum Gasteiger partial charge on any atom is -0.391 e. The van der Waals surface area contributed by atoms with Crippen LogP contribution in [0.2, 0.25) is 0 Å². The number of rotatable bonds is 5. The van der Waals surface area contributed by atoms with Gasteiger partial charge in [0.1, 0.15) is 6.04 Å². The van der Waals surface area contributed by atoms with Gasteiger partial charge in [-0.2, -0.15) is 0 Å². The van der Waals surface area contributed by atoms with E-state index in [0.717, 1.165) is 0 Å². The lowest BCUT2D eigenvalue weighted by Gasteiger charge is -2.19. The molecule has 1 amide bonds. The Morgan fingerprint density at radius 2 is 2.00 bits per heavy atom. The van der Waals surface area contributed by atoms with Gasteiger partial charge in [-0.25, -0.2) is 0 Å². The van der Waals surface area contributed by atoms with E-state index in [1.54, 1.807) is 6.92 Å². The van der Waals surface area contributed by atoms with E-state index in [1.807, 2.05) is 13.8 Å². The van der Waals surface area contributed by atoms with E-state index in [-0.39, 0.29) is 5.91 Å². The SMILES string of the molecule is CCNC(=O)C(NCC)C(C)O. The highest BCUT2D eigenvalue weighted by atomic mass is 16.3. The fourth-order valence-electron chi connectivity index (χ4n) is 0.986. The van der Waals surface area contributed by atoms with E-state index >= 15 is 0 Å². The zero-order chi connectivity index (χ0) is 9.56. The Balaban J connectivity index is 4.00. The van der Waals surface area contributed by atoms with Gasteiger partial charge in [0.2, 0.25) is 5.91 Å². The number of amides is 1. The molecule has 0 heterocycles. The standard InChI is InChI=1S/C8H18N2O2/c1-4-9-7(6(3)11)8(12)10-5-2/h6-7,9,11H,4-5H2,1-3H3,(H,10,12). The van der Waals surface area contributed by atoms with Gasteiger partial charge in [-0.3, -0.25) is 4.79 Å². The molecule has 2 unspecified atom stereocenters. The number of hydrogen-bond acceptors (Lipinski definition) is 3. The molecule has 0 aromatic carbocycles. The summed E-state index contributed by atoms with van der Waals surface area (Å²) in [6.45, 7) is 6.61. The summed E-state index contributed by atoms with van der Waals surface area (Å²) < 4.78 is 0. The number of carbonyl (C=O) groups excluding carboxylic acids is 1. The third kappa shape index (κ3) is 3.69. The molecule has 0 spiro atoms. The van der Waals surface area contributed by atoms with Crippen LogP contribution in [0.25, 0.3) is 0 Å². The summed E-state index contributed by atoms with van der Waals surface area (Å²) in [5.74, 6) is -0.144. The van der Waals surface area contributed by atoms with Gasteiger partial charge in [-0.1, -0.05) is 6.92 Å². The number of carbonyl (C=O) groups is 1. The van der Waals surface area contributed by atoms with Gasteiger partial charge < -0.3 is 15.7 Å². The molecule has 0 aliphatic carbocycles. The third-order valence-electron chi connectivity index (χ3n) is 1.54. The molecule has 0 bridgehead atoms. The molecule has 0 aliphatic rings. The number of nitrogens with one attached hydrogen (secondary N) is 2. The smallest absolute Gasteiger partial charge is 0.239 e. The zero-order valence-corrected chi connectivity index (χ0v) is 7.92. The molecule has 0 rings (SSSR count). The van der Waals surface area contributed by atoms with Crippen LogP contribution in [0.1, 0.15) is 20.8 Å². The van der Waals surface area contributed by atoms with Crippen LogP contribution < -0.4 is 10.6 Å². The molecule has 0 aromatic heterocycles. The van der Waals surface area contributed by atoms with Crippen molar-refractivity contribution >= 4 is 5.91 Å². The van der Waals surface area contributed by atoms with Crippen LogP contribution in [0.3, 0.4) is 0 Å². The maximum atomic E-state index is 11.2. The van der Waals surface area contributed by atoms with E-state index in [9.17, 15) is 9.90 Å². The summed E-state index contributed by atoms with van der Waals surface area (Å²) in [6.07, 6.45) is -0.656. The van der Waals surface area contributed by atoms with Gasteiger partial charge in [-0.05, 0) is 20.4 Å². The van der Waals surface area contributed by atoms with Gasteiger partial charge >= 0.3 is 0 Å². The first kappa shape index (κ1) is 11.4. The Hall–Kier alpha value is -0.610. The first-order valence-corrected chi connectivity index (χ1v) is 4.32. The molecule has 3 N–H and O–H groups in total. The van der Waals surface area contributed by atoms with Gasteiger partial charge in [0.25, 0.3) is 0 Å². The minimum atomic E-state index is -0.656. The van der Waals surface area contributed by atoms with Crippen molar-refractivity contribution in [2.24, 2.45) is 0 Å². The maximum absolute atomic E-state index is 11.2. The van der Waals surface area contributed by atoms with Gasteiger partial charge in [-0.15, -0.1) is 0 Å². The molecule has 4 heteroatoms. The summed E-state index contributed by atoms with van der Waals surface area (Å²) in [6, 6.07) is -0.491. The molecule has 4 nitrogen and oxygen atoms in total. The van der Waals surface area contributed by atoms with E-state index in [4.69, 9.17) is 0 Å². The average molecular weight is 174 g/mol. The monoisotopic (exact) mass is 174 g/mol. The minimum absolute atomic E-state index is 0.144. The van der Waals surface area contributed by atoms with E-state index < -0.39 is 12.1 Å². The van der Waals surface area contributed by atoms with Crippen LogP contribution in [-0.4, -0.2) is 36.2 Å². The van der Waals surface area contributed by atoms with Crippen LogP contribution in [0.15, 0.2) is 0 Å². The summed E-state index contributed by atoms with van der Waals surface area (Å²) in [4.78, 5) is 11.2. The second kappa shape index (κ2) is 5.97. The lowest BCUT2D eigenvalue weighted by molar-refractivity contribution is -0.125. The first-order valence-electron chi connectivity index (χ1n) is 4.32. The molecule has 0 radical (unpaired) electrons. The van der Waals surface area contributed by atoms with Crippen LogP contribution in [-0.2, 0) is 4.79 Å². The molecule has 0 saturated heterocycles.